The van der Waals surface area contributed by atoms with Crippen molar-refractivity contribution < 1.29 is 9.13 Å². The van der Waals surface area contributed by atoms with Crippen LogP contribution in [0.5, 0.6) is 5.75 Å². The zero-order valence-electron chi connectivity index (χ0n) is 23.9. The molecule has 1 nitrogen and oxygen atoms in total. The third kappa shape index (κ3) is 5.69. The van der Waals surface area contributed by atoms with E-state index in [9.17, 15) is 4.39 Å². The fourth-order valence-corrected chi connectivity index (χ4v) is 5.09. The molecule has 0 aliphatic carbocycles. The van der Waals surface area contributed by atoms with Crippen LogP contribution in [0.4, 0.5) is 4.39 Å². The van der Waals surface area contributed by atoms with Gasteiger partial charge in [0.05, 0.1) is 6.61 Å². The Labute approximate surface area is 219 Å². The maximum atomic E-state index is 14.5. The average Bonchev–Trinajstić information content (AvgIpc) is 2.84. The summed E-state index contributed by atoms with van der Waals surface area (Å²) in [6.07, 6.45) is 2.71. The molecule has 0 amide bonds. The molecular weight excluding hydrogens is 443 g/mol. The topological polar surface area (TPSA) is 9.23 Å². The van der Waals surface area contributed by atoms with Crippen molar-refractivity contribution >= 4 is 0 Å². The lowest BCUT2D eigenvalue weighted by atomic mass is 9.69. The van der Waals surface area contributed by atoms with Gasteiger partial charge in [0.15, 0.2) is 0 Å². The van der Waals surface area contributed by atoms with E-state index in [4.69, 9.17) is 4.74 Å². The van der Waals surface area contributed by atoms with Gasteiger partial charge in [-0.15, -0.1) is 0 Å². The lowest BCUT2D eigenvalue weighted by Crippen LogP contribution is -2.26. The molecule has 0 heterocycles. The number of rotatable bonds is 9. The van der Waals surface area contributed by atoms with Crippen LogP contribution in [0.15, 0.2) is 54.6 Å². The van der Waals surface area contributed by atoms with E-state index in [1.807, 2.05) is 19.1 Å². The Bertz CT molecular complexity index is 1180. The molecule has 0 saturated carbocycles. The van der Waals surface area contributed by atoms with Gasteiger partial charge >= 0.3 is 0 Å². The summed E-state index contributed by atoms with van der Waals surface area (Å²) in [4.78, 5) is 0. The molecule has 0 bridgehead atoms. The van der Waals surface area contributed by atoms with Crippen molar-refractivity contribution in [2.45, 2.75) is 87.0 Å². The maximum Gasteiger partial charge on any atom is 0.127 e. The lowest BCUT2D eigenvalue weighted by Gasteiger charge is -2.34. The Morgan fingerprint density at radius 2 is 1.42 bits per heavy atom. The first-order valence-corrected chi connectivity index (χ1v) is 13.6. The second-order valence-electron chi connectivity index (χ2n) is 11.5. The SMILES string of the molecule is CCc1ccc(-c2ccc(C(CC)(CC)c3ccc(OCC(C)C(C)(C)C)c(C)c3)cc2C)cc1F. The van der Waals surface area contributed by atoms with E-state index in [1.54, 1.807) is 6.07 Å². The monoisotopic (exact) mass is 488 g/mol. The molecule has 3 aromatic carbocycles. The summed E-state index contributed by atoms with van der Waals surface area (Å²) >= 11 is 0. The van der Waals surface area contributed by atoms with Crippen molar-refractivity contribution in [2.75, 3.05) is 6.61 Å². The minimum Gasteiger partial charge on any atom is -0.493 e. The minimum absolute atomic E-state index is 0.0808. The molecule has 2 heteroatoms. The minimum atomic E-state index is -0.121. The fraction of sp³-hybridized carbons (Fsp3) is 0.471. The molecule has 194 valence electrons. The average molecular weight is 489 g/mol. The van der Waals surface area contributed by atoms with E-state index >= 15 is 0 Å². The van der Waals surface area contributed by atoms with E-state index in [0.29, 0.717) is 12.3 Å². The van der Waals surface area contributed by atoms with Gasteiger partial charge in [-0.05, 0) is 95.5 Å². The molecule has 1 unspecified atom stereocenters. The first kappa shape index (κ1) is 28.0. The predicted molar refractivity (Wildman–Crippen MR) is 153 cm³/mol. The summed E-state index contributed by atoms with van der Waals surface area (Å²) in [6, 6.07) is 19.1. The second-order valence-corrected chi connectivity index (χ2v) is 11.5. The largest absolute Gasteiger partial charge is 0.493 e. The molecule has 0 aliphatic heterocycles. The van der Waals surface area contributed by atoms with E-state index in [0.717, 1.165) is 41.9 Å². The first-order chi connectivity index (χ1) is 17.0. The molecule has 0 fully saturated rings. The van der Waals surface area contributed by atoms with Crippen LogP contribution < -0.4 is 4.74 Å². The Kier molecular flexibility index (Phi) is 8.70. The smallest absolute Gasteiger partial charge is 0.127 e. The molecule has 0 radical (unpaired) electrons. The first-order valence-electron chi connectivity index (χ1n) is 13.6. The van der Waals surface area contributed by atoms with Crippen LogP contribution in [0.1, 0.15) is 89.1 Å². The molecule has 36 heavy (non-hydrogen) atoms. The van der Waals surface area contributed by atoms with Gasteiger partial charge in [-0.25, -0.2) is 4.39 Å². The molecule has 1 atom stereocenters. The quantitative estimate of drug-likeness (QED) is 0.291. The van der Waals surface area contributed by atoms with Crippen LogP contribution in [0.3, 0.4) is 0 Å². The molecular formula is C34H45FO. The highest BCUT2D eigenvalue weighted by Gasteiger charge is 2.31. The van der Waals surface area contributed by atoms with Gasteiger partial charge in [0.1, 0.15) is 11.6 Å². The van der Waals surface area contributed by atoms with Crippen LogP contribution in [0, 0.1) is 31.0 Å². The maximum absolute atomic E-state index is 14.5. The van der Waals surface area contributed by atoms with E-state index < -0.39 is 0 Å². The lowest BCUT2D eigenvalue weighted by molar-refractivity contribution is 0.160. The van der Waals surface area contributed by atoms with Crippen LogP contribution in [0.25, 0.3) is 11.1 Å². The van der Waals surface area contributed by atoms with Crippen molar-refractivity contribution in [3.05, 3.63) is 88.2 Å². The van der Waals surface area contributed by atoms with Crippen molar-refractivity contribution in [1.29, 1.82) is 0 Å². The molecule has 0 saturated heterocycles. The highest BCUT2D eigenvalue weighted by Crippen LogP contribution is 2.42. The van der Waals surface area contributed by atoms with Crippen molar-refractivity contribution in [3.8, 4) is 16.9 Å². The van der Waals surface area contributed by atoms with Crippen LogP contribution in [-0.4, -0.2) is 6.61 Å². The van der Waals surface area contributed by atoms with Gasteiger partial charge in [0, 0.05) is 5.41 Å². The molecule has 0 aliphatic rings. The van der Waals surface area contributed by atoms with Gasteiger partial charge in [0.25, 0.3) is 0 Å². The number of ether oxygens (including phenoxy) is 1. The Morgan fingerprint density at radius 3 is 1.92 bits per heavy atom. The third-order valence-electron chi connectivity index (χ3n) is 8.43. The number of benzene rings is 3. The molecule has 0 N–H and O–H groups in total. The van der Waals surface area contributed by atoms with Gasteiger partial charge in [0.2, 0.25) is 0 Å². The second kappa shape index (κ2) is 11.2. The number of aryl methyl sites for hydroxylation is 3. The molecule has 3 aromatic rings. The predicted octanol–water partition coefficient (Wildman–Crippen LogP) is 9.84. The third-order valence-corrected chi connectivity index (χ3v) is 8.43. The Morgan fingerprint density at radius 1 is 0.806 bits per heavy atom. The van der Waals surface area contributed by atoms with E-state index in [2.05, 4.69) is 91.8 Å². The normalized spacial score (nSPS) is 13.1. The molecule has 0 aromatic heterocycles. The summed E-state index contributed by atoms with van der Waals surface area (Å²) in [5.41, 5.74) is 7.93. The zero-order valence-corrected chi connectivity index (χ0v) is 23.9. The summed E-state index contributed by atoms with van der Waals surface area (Å²) in [5, 5.41) is 0. The van der Waals surface area contributed by atoms with Crippen molar-refractivity contribution in [1.82, 2.24) is 0 Å². The molecule has 3 rings (SSSR count). The van der Waals surface area contributed by atoms with Crippen LogP contribution in [-0.2, 0) is 11.8 Å². The summed E-state index contributed by atoms with van der Waals surface area (Å²) in [7, 11) is 0. The van der Waals surface area contributed by atoms with Gasteiger partial charge in [-0.1, -0.05) is 90.9 Å². The Balaban J connectivity index is 1.94. The van der Waals surface area contributed by atoms with Crippen LogP contribution in [0.2, 0.25) is 0 Å². The summed E-state index contributed by atoms with van der Waals surface area (Å²) in [6.45, 7) is 20.6. The van der Waals surface area contributed by atoms with E-state index in [-0.39, 0.29) is 16.6 Å². The van der Waals surface area contributed by atoms with Gasteiger partial charge in [-0.3, -0.25) is 0 Å². The summed E-state index contributed by atoms with van der Waals surface area (Å²) < 4.78 is 20.7. The van der Waals surface area contributed by atoms with Gasteiger partial charge in [-0.2, -0.15) is 0 Å². The standard InChI is InChI=1S/C34H45FO/c1-10-26-13-14-27(21-31(26)35)30-17-15-28(19-23(30)4)34(11-2,12-3)29-16-18-32(24(5)20-29)36-22-25(6)33(7,8)9/h13-21,25H,10-12,22H2,1-9H3. The highest BCUT2D eigenvalue weighted by atomic mass is 19.1. The summed E-state index contributed by atoms with van der Waals surface area (Å²) in [5.74, 6) is 1.32. The van der Waals surface area contributed by atoms with E-state index in [1.165, 1.54) is 22.3 Å². The van der Waals surface area contributed by atoms with Crippen molar-refractivity contribution in [2.24, 2.45) is 11.3 Å². The molecule has 0 spiro atoms. The van der Waals surface area contributed by atoms with Crippen LogP contribution >= 0.6 is 0 Å². The van der Waals surface area contributed by atoms with Gasteiger partial charge < -0.3 is 4.74 Å². The highest BCUT2D eigenvalue weighted by molar-refractivity contribution is 5.68. The number of halogens is 1. The zero-order chi connectivity index (χ0) is 26.7. The fourth-order valence-electron chi connectivity index (χ4n) is 5.09. The van der Waals surface area contributed by atoms with Crippen molar-refractivity contribution in [3.63, 3.8) is 0 Å². The number of hydrogen-bond donors (Lipinski definition) is 0. The number of hydrogen-bond acceptors (Lipinski definition) is 1. The Hall–Kier alpha value is -2.61.